The summed E-state index contributed by atoms with van der Waals surface area (Å²) in [6, 6.07) is 0.354. The molecule has 3 amide bonds. The summed E-state index contributed by atoms with van der Waals surface area (Å²) in [4.78, 5) is 45.0. The summed E-state index contributed by atoms with van der Waals surface area (Å²) in [6.45, 7) is 2.41. The molecule has 0 bridgehead atoms. The van der Waals surface area contributed by atoms with Gasteiger partial charge in [-0.05, 0) is 19.8 Å². The maximum Gasteiger partial charge on any atom is 0.315 e. The van der Waals surface area contributed by atoms with E-state index in [1.165, 1.54) is 6.92 Å². The van der Waals surface area contributed by atoms with Gasteiger partial charge in [-0.2, -0.15) is 11.8 Å². The van der Waals surface area contributed by atoms with Crippen molar-refractivity contribution in [2.45, 2.75) is 69.1 Å². The topological polar surface area (TPSA) is 144 Å². The van der Waals surface area contributed by atoms with Crippen LogP contribution in [0.15, 0.2) is 6.20 Å². The highest BCUT2D eigenvalue weighted by molar-refractivity contribution is 8.00. The van der Waals surface area contributed by atoms with Gasteiger partial charge < -0.3 is 20.7 Å². The Morgan fingerprint density at radius 3 is 3.06 bits per heavy atom. The minimum atomic E-state index is -0.776. The number of carbonyl (C=O) groups excluding carboxylic acids is 4. The normalized spacial score (nSPS) is 23.0. The highest BCUT2D eigenvalue weighted by atomic mass is 32.2. The van der Waals surface area contributed by atoms with Crippen molar-refractivity contribution in [3.05, 3.63) is 11.9 Å². The Kier molecular flexibility index (Phi) is 8.41. The Morgan fingerprint density at radius 1 is 1.42 bits per heavy atom. The molecule has 0 radical (unpaired) electrons. The number of unbranched alkanes of at least 4 members (excludes halogenated alkanes) is 1. The fraction of sp³-hybridized carbons (Fsp3) is 0.684. The first-order valence-electron chi connectivity index (χ1n) is 10.4. The number of aldehydes is 1. The Morgan fingerprint density at radius 2 is 2.26 bits per heavy atom. The lowest BCUT2D eigenvalue weighted by Crippen LogP contribution is -2.36. The molecule has 1 aromatic rings. The molecule has 0 aromatic carbocycles. The van der Waals surface area contributed by atoms with Crippen LogP contribution in [0.25, 0.3) is 0 Å². The molecule has 0 spiro atoms. The van der Waals surface area contributed by atoms with Gasteiger partial charge in [0.25, 0.3) is 0 Å². The minimum Gasteiger partial charge on any atom is -0.368 e. The zero-order valence-electron chi connectivity index (χ0n) is 17.4. The molecule has 2 aliphatic rings. The predicted molar refractivity (Wildman–Crippen MR) is 112 cm³/mol. The molecule has 3 heterocycles. The fourth-order valence-corrected chi connectivity index (χ4v) is 5.12. The van der Waals surface area contributed by atoms with Crippen LogP contribution in [0.1, 0.15) is 38.3 Å². The average Bonchev–Trinajstić information content (AvgIpc) is 3.45. The zero-order chi connectivity index (χ0) is 22.2. The number of urea groups is 1. The number of Topliss-reactive ketones (excluding diaryl/α,β-unsaturated/α-hetero) is 1. The van der Waals surface area contributed by atoms with E-state index in [1.807, 2.05) is 11.8 Å². The van der Waals surface area contributed by atoms with Gasteiger partial charge in [-0.3, -0.25) is 14.4 Å². The predicted octanol–water partition coefficient (Wildman–Crippen LogP) is -0.207. The Bertz CT molecular complexity index is 803. The molecule has 170 valence electrons. The van der Waals surface area contributed by atoms with Gasteiger partial charge in [-0.25, -0.2) is 9.48 Å². The van der Waals surface area contributed by atoms with E-state index in [0.717, 1.165) is 25.0 Å². The Labute approximate surface area is 184 Å². The summed E-state index contributed by atoms with van der Waals surface area (Å²) in [7, 11) is 0. The third-order valence-electron chi connectivity index (χ3n) is 5.34. The molecule has 4 atom stereocenters. The van der Waals surface area contributed by atoms with Gasteiger partial charge in [0.05, 0.1) is 38.0 Å². The second-order valence-electron chi connectivity index (χ2n) is 7.65. The number of thioether (sulfide) groups is 1. The summed E-state index contributed by atoms with van der Waals surface area (Å²) < 4.78 is 6.82. The molecule has 11 nitrogen and oxygen atoms in total. The molecule has 0 aliphatic carbocycles. The number of aromatic nitrogens is 3. The second kappa shape index (κ2) is 11.2. The molecule has 31 heavy (non-hydrogen) atoms. The largest absolute Gasteiger partial charge is 0.368 e. The summed E-state index contributed by atoms with van der Waals surface area (Å²) in [5, 5.41) is 17.1. The molecular weight excluding hydrogens is 424 g/mol. The maximum absolute atomic E-state index is 12.1. The quantitative estimate of drug-likeness (QED) is 0.161. The molecule has 3 N–H and O–H groups in total. The van der Waals surface area contributed by atoms with Crippen LogP contribution in [-0.2, 0) is 32.2 Å². The van der Waals surface area contributed by atoms with Gasteiger partial charge in [0, 0.05) is 17.4 Å². The van der Waals surface area contributed by atoms with E-state index in [-0.39, 0.29) is 36.9 Å². The highest BCUT2D eigenvalue weighted by Crippen LogP contribution is 2.33. The SMILES string of the molecule is CC(OCCn1cc(CNC(=O)CCCCC2SCC3NC(=O)NC32)nn1)C(=O)C=O. The summed E-state index contributed by atoms with van der Waals surface area (Å²) in [5.41, 5.74) is 0.628. The van der Waals surface area contributed by atoms with Crippen molar-refractivity contribution in [2.75, 3.05) is 12.4 Å². The number of ether oxygens (including phenoxy) is 1. The van der Waals surface area contributed by atoms with E-state index in [4.69, 9.17) is 4.74 Å². The number of amides is 3. The highest BCUT2D eigenvalue weighted by Gasteiger charge is 2.42. The van der Waals surface area contributed by atoms with Crippen LogP contribution in [0.2, 0.25) is 0 Å². The van der Waals surface area contributed by atoms with E-state index >= 15 is 0 Å². The van der Waals surface area contributed by atoms with Crippen LogP contribution < -0.4 is 16.0 Å². The van der Waals surface area contributed by atoms with Crippen molar-refractivity contribution < 1.29 is 23.9 Å². The minimum absolute atomic E-state index is 0.0353. The van der Waals surface area contributed by atoms with Crippen LogP contribution in [0.4, 0.5) is 4.79 Å². The van der Waals surface area contributed by atoms with Crippen molar-refractivity contribution >= 4 is 35.8 Å². The first-order valence-corrected chi connectivity index (χ1v) is 11.5. The van der Waals surface area contributed by atoms with E-state index in [9.17, 15) is 19.2 Å². The lowest BCUT2D eigenvalue weighted by molar-refractivity contribution is -0.137. The first kappa shape index (κ1) is 23.2. The van der Waals surface area contributed by atoms with Crippen molar-refractivity contribution in [1.29, 1.82) is 0 Å². The zero-order valence-corrected chi connectivity index (χ0v) is 18.2. The van der Waals surface area contributed by atoms with Crippen molar-refractivity contribution in [2.24, 2.45) is 0 Å². The van der Waals surface area contributed by atoms with Gasteiger partial charge in [0.2, 0.25) is 11.7 Å². The number of hydrogen-bond acceptors (Lipinski definition) is 8. The van der Waals surface area contributed by atoms with Crippen LogP contribution in [-0.4, -0.2) is 74.8 Å². The van der Waals surface area contributed by atoms with Crippen LogP contribution in [0, 0.1) is 0 Å². The number of carbonyl (C=O) groups is 4. The van der Waals surface area contributed by atoms with Crippen LogP contribution >= 0.6 is 11.8 Å². The smallest absolute Gasteiger partial charge is 0.315 e. The van der Waals surface area contributed by atoms with Crippen molar-refractivity contribution in [3.63, 3.8) is 0 Å². The summed E-state index contributed by atoms with van der Waals surface area (Å²) in [6.07, 6.45) is 4.33. The number of fused-ring (bicyclic) bond motifs is 1. The average molecular weight is 453 g/mol. The van der Waals surface area contributed by atoms with E-state index < -0.39 is 11.9 Å². The first-order chi connectivity index (χ1) is 15.0. The van der Waals surface area contributed by atoms with Crippen molar-refractivity contribution in [1.82, 2.24) is 30.9 Å². The lowest BCUT2D eigenvalue weighted by Gasteiger charge is -2.16. The summed E-state index contributed by atoms with van der Waals surface area (Å²) in [5.74, 6) is 0.305. The number of nitrogens with one attached hydrogen (secondary N) is 3. The molecule has 1 aromatic heterocycles. The van der Waals surface area contributed by atoms with Crippen molar-refractivity contribution in [3.8, 4) is 0 Å². The van der Waals surface area contributed by atoms with Crippen LogP contribution in [0.3, 0.4) is 0 Å². The molecule has 12 heteroatoms. The second-order valence-corrected chi connectivity index (χ2v) is 8.92. The van der Waals surface area contributed by atoms with E-state index in [1.54, 1.807) is 10.9 Å². The molecule has 4 unspecified atom stereocenters. The van der Waals surface area contributed by atoms with Gasteiger partial charge in [-0.15, -0.1) is 5.10 Å². The monoisotopic (exact) mass is 452 g/mol. The molecule has 2 aliphatic heterocycles. The van der Waals surface area contributed by atoms with E-state index in [0.29, 0.717) is 30.5 Å². The third-order valence-corrected chi connectivity index (χ3v) is 6.85. The number of ketones is 1. The fourth-order valence-electron chi connectivity index (χ4n) is 3.58. The van der Waals surface area contributed by atoms with Gasteiger partial charge in [-0.1, -0.05) is 11.6 Å². The van der Waals surface area contributed by atoms with Gasteiger partial charge in [0.1, 0.15) is 11.8 Å². The molecular formula is C19H28N6O5S. The maximum atomic E-state index is 12.1. The lowest BCUT2D eigenvalue weighted by atomic mass is 10.0. The Balaban J connectivity index is 1.26. The Hall–Kier alpha value is -2.47. The molecule has 2 fully saturated rings. The molecule has 3 rings (SSSR count). The molecule has 0 saturated carbocycles. The summed E-state index contributed by atoms with van der Waals surface area (Å²) >= 11 is 1.88. The molecule has 2 saturated heterocycles. The number of hydrogen-bond donors (Lipinski definition) is 3. The van der Waals surface area contributed by atoms with Crippen LogP contribution in [0.5, 0.6) is 0 Å². The number of nitrogens with zero attached hydrogens (tertiary/aromatic N) is 3. The third kappa shape index (κ3) is 6.76. The standard InChI is InChI=1S/C19H28N6O5S/c1-12(15(27)10-26)30-7-6-25-9-13(23-24-25)8-20-17(28)5-3-2-4-16-18-14(11-31-16)21-19(29)22-18/h9-10,12,14,16,18H,2-8,11H2,1H3,(H,20,28)(H2,21,22,29). The van der Waals surface area contributed by atoms with Gasteiger partial charge in [0.15, 0.2) is 6.29 Å². The number of rotatable bonds is 13. The van der Waals surface area contributed by atoms with E-state index in [2.05, 4.69) is 26.3 Å². The van der Waals surface area contributed by atoms with Gasteiger partial charge >= 0.3 is 6.03 Å².